The van der Waals surface area contributed by atoms with Gasteiger partial charge in [-0.25, -0.2) is 4.98 Å². The first-order valence-corrected chi connectivity index (χ1v) is 8.09. The normalized spacial score (nSPS) is 12.8. The third-order valence-electron chi connectivity index (χ3n) is 3.79. The van der Waals surface area contributed by atoms with E-state index >= 15 is 0 Å². The molecular formula is C16H21BrN2O. The van der Waals surface area contributed by atoms with Gasteiger partial charge in [0, 0.05) is 11.0 Å². The summed E-state index contributed by atoms with van der Waals surface area (Å²) in [5.74, 6) is 0.558. The van der Waals surface area contributed by atoms with Gasteiger partial charge in [-0.3, -0.25) is 9.36 Å². The molecule has 0 radical (unpaired) electrons. The molecule has 0 spiro atoms. The van der Waals surface area contributed by atoms with E-state index in [1.165, 1.54) is 19.3 Å². The lowest BCUT2D eigenvalue weighted by Gasteiger charge is -2.16. The Morgan fingerprint density at radius 1 is 1.35 bits per heavy atom. The maximum absolute atomic E-state index is 12.5. The van der Waals surface area contributed by atoms with E-state index in [1.807, 2.05) is 18.2 Å². The summed E-state index contributed by atoms with van der Waals surface area (Å²) in [6.07, 6.45) is 6.39. The first-order valence-electron chi connectivity index (χ1n) is 7.30. The molecule has 0 aliphatic carbocycles. The molecule has 1 unspecified atom stereocenters. The monoisotopic (exact) mass is 336 g/mol. The third-order valence-corrected chi connectivity index (χ3v) is 4.28. The van der Waals surface area contributed by atoms with Crippen LogP contribution in [-0.2, 0) is 6.54 Å². The predicted molar refractivity (Wildman–Crippen MR) is 87.0 cm³/mol. The highest BCUT2D eigenvalue weighted by Gasteiger charge is 2.10. The molecule has 1 heterocycles. The number of unbranched alkanes of at least 4 members (excludes halogenated alkanes) is 1. The molecule has 1 aromatic heterocycles. The van der Waals surface area contributed by atoms with Crippen LogP contribution in [0.1, 0.15) is 39.5 Å². The van der Waals surface area contributed by atoms with Crippen LogP contribution in [0.5, 0.6) is 0 Å². The molecule has 3 nitrogen and oxygen atoms in total. The topological polar surface area (TPSA) is 34.9 Å². The molecule has 2 aromatic rings. The van der Waals surface area contributed by atoms with Gasteiger partial charge in [-0.2, -0.15) is 0 Å². The number of halogens is 1. The van der Waals surface area contributed by atoms with Gasteiger partial charge in [0.05, 0.1) is 17.2 Å². The van der Waals surface area contributed by atoms with E-state index in [9.17, 15) is 4.79 Å². The molecule has 1 aromatic carbocycles. The summed E-state index contributed by atoms with van der Waals surface area (Å²) < 4.78 is 2.71. The number of hydrogen-bond donors (Lipinski definition) is 0. The molecular weight excluding hydrogens is 316 g/mol. The zero-order valence-corrected chi connectivity index (χ0v) is 13.7. The van der Waals surface area contributed by atoms with Crippen LogP contribution < -0.4 is 5.56 Å². The summed E-state index contributed by atoms with van der Waals surface area (Å²) in [4.78, 5) is 16.9. The van der Waals surface area contributed by atoms with Crippen molar-refractivity contribution in [1.29, 1.82) is 0 Å². The maximum Gasteiger partial charge on any atom is 0.261 e. The lowest BCUT2D eigenvalue weighted by Crippen LogP contribution is -2.24. The molecule has 0 amide bonds. The molecule has 20 heavy (non-hydrogen) atoms. The van der Waals surface area contributed by atoms with Crippen molar-refractivity contribution in [1.82, 2.24) is 9.55 Å². The number of hydrogen-bond acceptors (Lipinski definition) is 2. The summed E-state index contributed by atoms with van der Waals surface area (Å²) in [7, 11) is 0. The average Bonchev–Trinajstić information content (AvgIpc) is 2.45. The highest BCUT2D eigenvalue weighted by molar-refractivity contribution is 9.10. The molecule has 4 heteroatoms. The van der Waals surface area contributed by atoms with Gasteiger partial charge in [-0.1, -0.05) is 49.0 Å². The van der Waals surface area contributed by atoms with E-state index in [1.54, 1.807) is 10.9 Å². The van der Waals surface area contributed by atoms with Gasteiger partial charge in [0.1, 0.15) is 0 Å². The number of fused-ring (bicyclic) bond motifs is 1. The number of rotatable bonds is 6. The van der Waals surface area contributed by atoms with E-state index in [0.29, 0.717) is 11.3 Å². The molecule has 108 valence electrons. The van der Waals surface area contributed by atoms with Crippen LogP contribution in [0, 0.1) is 5.92 Å². The van der Waals surface area contributed by atoms with Gasteiger partial charge in [-0.05, 0) is 30.5 Å². The van der Waals surface area contributed by atoms with E-state index in [0.717, 1.165) is 23.0 Å². The number of aromatic nitrogens is 2. The standard InChI is InChI=1S/C16H21BrN2O/c1-3-5-6-12(4-2)10-19-11-18-15-9-13(17)7-8-14(15)16(19)20/h7-9,11-12H,3-6,10H2,1-2H3. The fourth-order valence-corrected chi connectivity index (χ4v) is 2.81. The van der Waals surface area contributed by atoms with Crippen LogP contribution in [0.4, 0.5) is 0 Å². The van der Waals surface area contributed by atoms with Crippen molar-refractivity contribution < 1.29 is 0 Å². The quantitative estimate of drug-likeness (QED) is 0.784. The van der Waals surface area contributed by atoms with Crippen LogP contribution in [0.25, 0.3) is 10.9 Å². The van der Waals surface area contributed by atoms with E-state index in [4.69, 9.17) is 0 Å². The lowest BCUT2D eigenvalue weighted by molar-refractivity contribution is 0.384. The molecule has 0 saturated carbocycles. The summed E-state index contributed by atoms with van der Waals surface area (Å²) >= 11 is 3.41. The number of benzene rings is 1. The summed E-state index contributed by atoms with van der Waals surface area (Å²) in [5, 5.41) is 0.695. The highest BCUT2D eigenvalue weighted by Crippen LogP contribution is 2.17. The van der Waals surface area contributed by atoms with Crippen molar-refractivity contribution in [3.63, 3.8) is 0 Å². The molecule has 2 rings (SSSR count). The largest absolute Gasteiger partial charge is 0.298 e. The van der Waals surface area contributed by atoms with Crippen LogP contribution in [0.15, 0.2) is 33.8 Å². The van der Waals surface area contributed by atoms with E-state index in [-0.39, 0.29) is 5.56 Å². The van der Waals surface area contributed by atoms with Crippen molar-refractivity contribution in [3.8, 4) is 0 Å². The van der Waals surface area contributed by atoms with Crippen molar-refractivity contribution in [3.05, 3.63) is 39.4 Å². The molecule has 0 aliphatic heterocycles. The second kappa shape index (κ2) is 7.02. The zero-order valence-electron chi connectivity index (χ0n) is 12.1. The Bertz CT molecular complexity index is 636. The van der Waals surface area contributed by atoms with Crippen LogP contribution in [0.3, 0.4) is 0 Å². The highest BCUT2D eigenvalue weighted by atomic mass is 79.9. The van der Waals surface area contributed by atoms with Gasteiger partial charge >= 0.3 is 0 Å². The average molecular weight is 337 g/mol. The van der Waals surface area contributed by atoms with E-state index in [2.05, 4.69) is 34.8 Å². The fourth-order valence-electron chi connectivity index (χ4n) is 2.46. The van der Waals surface area contributed by atoms with Gasteiger partial charge in [0.15, 0.2) is 0 Å². The minimum atomic E-state index is 0.0671. The zero-order chi connectivity index (χ0) is 14.5. The molecule has 0 N–H and O–H groups in total. The minimum Gasteiger partial charge on any atom is -0.298 e. The molecule has 0 saturated heterocycles. The van der Waals surface area contributed by atoms with Crippen molar-refractivity contribution in [2.45, 2.75) is 46.1 Å². The summed E-state index contributed by atoms with van der Waals surface area (Å²) in [6, 6.07) is 5.62. The fraction of sp³-hybridized carbons (Fsp3) is 0.500. The first-order chi connectivity index (χ1) is 9.65. The van der Waals surface area contributed by atoms with Gasteiger partial charge < -0.3 is 0 Å². The Kier molecular flexibility index (Phi) is 5.35. The smallest absolute Gasteiger partial charge is 0.261 e. The lowest BCUT2D eigenvalue weighted by atomic mass is 9.99. The SMILES string of the molecule is CCCCC(CC)Cn1cnc2cc(Br)ccc2c1=O. The second-order valence-corrected chi connectivity index (χ2v) is 6.20. The summed E-state index contributed by atoms with van der Waals surface area (Å²) in [6.45, 7) is 5.17. The minimum absolute atomic E-state index is 0.0671. The van der Waals surface area contributed by atoms with Gasteiger partial charge in [0.2, 0.25) is 0 Å². The predicted octanol–water partition coefficient (Wildman–Crippen LogP) is 4.38. The first kappa shape index (κ1) is 15.2. The number of nitrogens with zero attached hydrogens (tertiary/aromatic N) is 2. The third kappa shape index (κ3) is 3.48. The Morgan fingerprint density at radius 2 is 2.15 bits per heavy atom. The molecule has 0 aliphatic rings. The Morgan fingerprint density at radius 3 is 2.85 bits per heavy atom. The Hall–Kier alpha value is -1.16. The van der Waals surface area contributed by atoms with E-state index < -0.39 is 0 Å². The Balaban J connectivity index is 2.28. The van der Waals surface area contributed by atoms with Crippen LogP contribution in [0.2, 0.25) is 0 Å². The second-order valence-electron chi connectivity index (χ2n) is 5.28. The van der Waals surface area contributed by atoms with Crippen LogP contribution in [-0.4, -0.2) is 9.55 Å². The van der Waals surface area contributed by atoms with Crippen LogP contribution >= 0.6 is 15.9 Å². The van der Waals surface area contributed by atoms with Gasteiger partial charge in [-0.15, -0.1) is 0 Å². The maximum atomic E-state index is 12.5. The van der Waals surface area contributed by atoms with Crippen molar-refractivity contribution in [2.75, 3.05) is 0 Å². The molecule has 0 bridgehead atoms. The van der Waals surface area contributed by atoms with Crippen molar-refractivity contribution >= 4 is 26.8 Å². The molecule has 0 fully saturated rings. The van der Waals surface area contributed by atoms with Gasteiger partial charge in [0.25, 0.3) is 5.56 Å². The Labute approximate surface area is 128 Å². The summed E-state index contributed by atoms with van der Waals surface area (Å²) in [5.41, 5.74) is 0.819. The van der Waals surface area contributed by atoms with Crippen molar-refractivity contribution in [2.24, 2.45) is 5.92 Å². The molecule has 1 atom stereocenters.